The number of ether oxygens (including phenoxy) is 1. The molecule has 25 heavy (non-hydrogen) atoms. The van der Waals surface area contributed by atoms with Crippen LogP contribution in [0.1, 0.15) is 9.80 Å². The third kappa shape index (κ3) is 2.74. The van der Waals surface area contributed by atoms with Crippen LogP contribution in [-0.2, 0) is 7.05 Å². The number of carbonyl (C=O) groups excluding carboxylic acids is 1. The Bertz CT molecular complexity index is 1160. The molecule has 0 N–H and O–H groups in total. The summed E-state index contributed by atoms with van der Waals surface area (Å²) in [5.41, 5.74) is 1.62. The van der Waals surface area contributed by atoms with Crippen molar-refractivity contribution in [2.24, 2.45) is 12.0 Å². The Labute approximate surface area is 155 Å². The number of aromatic nitrogens is 2. The summed E-state index contributed by atoms with van der Waals surface area (Å²) in [6.45, 7) is 0. The Kier molecular flexibility index (Phi) is 4.07. The van der Waals surface area contributed by atoms with E-state index in [0.29, 0.717) is 20.6 Å². The van der Waals surface area contributed by atoms with E-state index in [4.69, 9.17) is 16.3 Å². The minimum absolute atomic E-state index is 0.363. The van der Waals surface area contributed by atoms with Crippen molar-refractivity contribution in [3.63, 3.8) is 0 Å². The number of benzene rings is 2. The molecule has 2 aromatic heterocycles. The largest absolute Gasteiger partial charge is 0.495 e. The van der Waals surface area contributed by atoms with E-state index in [-0.39, 0.29) is 5.91 Å². The molecule has 0 unspecified atom stereocenters. The van der Waals surface area contributed by atoms with Gasteiger partial charge in [-0.3, -0.25) is 4.79 Å². The third-order valence-electron chi connectivity index (χ3n) is 3.76. The van der Waals surface area contributed by atoms with Gasteiger partial charge in [-0.25, -0.2) is 4.98 Å². The van der Waals surface area contributed by atoms with Crippen molar-refractivity contribution < 1.29 is 9.53 Å². The molecule has 0 atom stereocenters. The van der Waals surface area contributed by atoms with Crippen LogP contribution in [0, 0.1) is 0 Å². The molecular formula is C17H12ClN3O2S2. The van der Waals surface area contributed by atoms with E-state index in [1.54, 1.807) is 19.2 Å². The average molecular weight is 390 g/mol. The summed E-state index contributed by atoms with van der Waals surface area (Å²) in [5, 5.41) is 0.974. The van der Waals surface area contributed by atoms with Gasteiger partial charge in [-0.2, -0.15) is 4.99 Å². The van der Waals surface area contributed by atoms with Crippen LogP contribution in [0.25, 0.3) is 20.4 Å². The number of carbonyl (C=O) groups is 1. The first-order chi connectivity index (χ1) is 12.1. The van der Waals surface area contributed by atoms with Gasteiger partial charge in [0.25, 0.3) is 0 Å². The van der Waals surface area contributed by atoms with Crippen LogP contribution >= 0.6 is 34.3 Å². The van der Waals surface area contributed by atoms with Gasteiger partial charge in [0, 0.05) is 7.05 Å². The smallest absolute Gasteiger partial charge is 0.308 e. The van der Waals surface area contributed by atoms with Crippen molar-refractivity contribution in [2.45, 2.75) is 0 Å². The second-order valence-electron chi connectivity index (χ2n) is 5.27. The molecular weight excluding hydrogens is 378 g/mol. The van der Waals surface area contributed by atoms with Gasteiger partial charge in [-0.15, -0.1) is 11.3 Å². The number of aryl methyl sites for hydroxylation is 1. The van der Waals surface area contributed by atoms with E-state index in [1.165, 1.54) is 22.7 Å². The van der Waals surface area contributed by atoms with E-state index >= 15 is 0 Å². The van der Waals surface area contributed by atoms with Gasteiger partial charge in [-0.1, -0.05) is 35.1 Å². The normalized spacial score (nSPS) is 12.2. The van der Waals surface area contributed by atoms with E-state index < -0.39 is 0 Å². The lowest BCUT2D eigenvalue weighted by Gasteiger charge is -2.04. The SMILES string of the molecule is COc1ccc(Cl)c2sc(=NC(=O)c3nc4ccccc4s3)n(C)c12. The van der Waals surface area contributed by atoms with Gasteiger partial charge >= 0.3 is 5.91 Å². The molecule has 5 nitrogen and oxygen atoms in total. The zero-order valence-corrected chi connectivity index (χ0v) is 15.7. The van der Waals surface area contributed by atoms with Crippen molar-refractivity contribution in [2.75, 3.05) is 7.11 Å². The van der Waals surface area contributed by atoms with Crippen molar-refractivity contribution in [3.05, 3.63) is 51.2 Å². The van der Waals surface area contributed by atoms with Crippen LogP contribution in [0.2, 0.25) is 5.02 Å². The lowest BCUT2D eigenvalue weighted by atomic mass is 10.3. The topological polar surface area (TPSA) is 56.5 Å². The van der Waals surface area contributed by atoms with Crippen molar-refractivity contribution in [1.29, 1.82) is 0 Å². The molecule has 4 aromatic rings. The maximum absolute atomic E-state index is 12.6. The molecule has 0 bridgehead atoms. The van der Waals surface area contributed by atoms with Gasteiger partial charge in [-0.05, 0) is 24.3 Å². The first-order valence-electron chi connectivity index (χ1n) is 7.35. The number of halogens is 1. The molecule has 8 heteroatoms. The lowest BCUT2D eigenvalue weighted by Crippen LogP contribution is -2.13. The van der Waals surface area contributed by atoms with Crippen molar-refractivity contribution >= 4 is 60.6 Å². The van der Waals surface area contributed by atoms with Crippen LogP contribution in [0.5, 0.6) is 5.75 Å². The number of rotatable bonds is 2. The zero-order valence-electron chi connectivity index (χ0n) is 13.3. The highest BCUT2D eigenvalue weighted by Gasteiger charge is 2.15. The Hall–Kier alpha value is -2.22. The fourth-order valence-electron chi connectivity index (χ4n) is 2.56. The fraction of sp³-hybridized carbons (Fsp3) is 0.118. The predicted octanol–water partition coefficient (Wildman–Crippen LogP) is 4.25. The second-order valence-corrected chi connectivity index (χ2v) is 7.69. The number of thiazole rings is 2. The number of methoxy groups -OCH3 is 1. The summed E-state index contributed by atoms with van der Waals surface area (Å²) in [6.07, 6.45) is 0. The Morgan fingerprint density at radius 1 is 1.24 bits per heavy atom. The minimum atomic E-state index is -0.363. The highest BCUT2D eigenvalue weighted by Crippen LogP contribution is 2.33. The lowest BCUT2D eigenvalue weighted by molar-refractivity contribution is 0.0998. The van der Waals surface area contributed by atoms with Gasteiger partial charge < -0.3 is 9.30 Å². The van der Waals surface area contributed by atoms with Crippen molar-refractivity contribution in [1.82, 2.24) is 9.55 Å². The summed E-state index contributed by atoms with van der Waals surface area (Å²) in [7, 11) is 3.44. The van der Waals surface area contributed by atoms with E-state index in [1.807, 2.05) is 35.9 Å². The third-order valence-corrected chi connectivity index (χ3v) is 6.37. The summed E-state index contributed by atoms with van der Waals surface area (Å²) in [4.78, 5) is 21.7. The van der Waals surface area contributed by atoms with Gasteiger partial charge in [0.05, 0.1) is 27.0 Å². The summed E-state index contributed by atoms with van der Waals surface area (Å²) in [5.74, 6) is 0.325. The van der Waals surface area contributed by atoms with Crippen LogP contribution in [-0.4, -0.2) is 22.6 Å². The van der Waals surface area contributed by atoms with Crippen LogP contribution in [0.15, 0.2) is 41.4 Å². The van der Waals surface area contributed by atoms with E-state index in [0.717, 1.165) is 20.4 Å². The Balaban J connectivity index is 1.87. The molecule has 2 heterocycles. The van der Waals surface area contributed by atoms with E-state index in [2.05, 4.69) is 9.98 Å². The van der Waals surface area contributed by atoms with Crippen LogP contribution in [0.4, 0.5) is 0 Å². The molecule has 126 valence electrons. The maximum atomic E-state index is 12.6. The number of hydrogen-bond donors (Lipinski definition) is 0. The summed E-state index contributed by atoms with van der Waals surface area (Å²) in [6, 6.07) is 11.2. The predicted molar refractivity (Wildman–Crippen MR) is 102 cm³/mol. The molecule has 4 rings (SSSR count). The maximum Gasteiger partial charge on any atom is 0.308 e. The quantitative estimate of drug-likeness (QED) is 0.515. The molecule has 0 aliphatic rings. The van der Waals surface area contributed by atoms with Crippen molar-refractivity contribution in [3.8, 4) is 5.75 Å². The highest BCUT2D eigenvalue weighted by molar-refractivity contribution is 7.20. The number of hydrogen-bond acceptors (Lipinski definition) is 5. The second kappa shape index (κ2) is 6.25. The Morgan fingerprint density at radius 2 is 2.04 bits per heavy atom. The number of amides is 1. The minimum Gasteiger partial charge on any atom is -0.495 e. The molecule has 0 aliphatic heterocycles. The van der Waals surface area contributed by atoms with E-state index in [9.17, 15) is 4.79 Å². The standard InChI is InChI=1S/C17H12ClN3O2S2/c1-21-13-11(23-2)8-7-9(18)14(13)25-17(21)20-15(22)16-19-10-5-3-4-6-12(10)24-16/h3-8H,1-2H3. The van der Waals surface area contributed by atoms with Gasteiger partial charge in [0.15, 0.2) is 9.81 Å². The number of para-hydroxylation sites is 1. The number of nitrogens with zero attached hydrogens (tertiary/aromatic N) is 3. The van der Waals surface area contributed by atoms with Crippen LogP contribution < -0.4 is 9.54 Å². The average Bonchev–Trinajstić information content (AvgIpc) is 3.19. The fourth-order valence-corrected chi connectivity index (χ4v) is 4.72. The molecule has 0 fully saturated rings. The molecule has 0 saturated carbocycles. The summed E-state index contributed by atoms with van der Waals surface area (Å²) >= 11 is 8.97. The molecule has 0 radical (unpaired) electrons. The molecule has 2 aromatic carbocycles. The Morgan fingerprint density at radius 3 is 2.80 bits per heavy atom. The summed E-state index contributed by atoms with van der Waals surface area (Å²) < 4.78 is 9.01. The number of fused-ring (bicyclic) bond motifs is 2. The van der Waals surface area contributed by atoms with Crippen LogP contribution in [0.3, 0.4) is 0 Å². The highest BCUT2D eigenvalue weighted by atomic mass is 35.5. The first kappa shape index (κ1) is 16.3. The molecule has 1 amide bonds. The first-order valence-corrected chi connectivity index (χ1v) is 9.36. The molecule has 0 saturated heterocycles. The van der Waals surface area contributed by atoms with Gasteiger partial charge in [0.2, 0.25) is 0 Å². The zero-order chi connectivity index (χ0) is 17.6. The molecule has 0 aliphatic carbocycles. The van der Waals surface area contributed by atoms with Gasteiger partial charge in [0.1, 0.15) is 11.3 Å². The monoisotopic (exact) mass is 389 g/mol. The molecule has 0 spiro atoms.